The van der Waals surface area contributed by atoms with E-state index in [1.165, 1.54) is 64.2 Å². The third-order valence-corrected chi connectivity index (χ3v) is 4.34. The van der Waals surface area contributed by atoms with Crippen LogP contribution >= 0.6 is 0 Å². The van der Waals surface area contributed by atoms with Crippen molar-refractivity contribution in [1.29, 1.82) is 0 Å². The van der Waals surface area contributed by atoms with Crippen LogP contribution in [0.4, 0.5) is 0 Å². The molecule has 1 rings (SSSR count). The standard InChI is InChI=1S/C18H37NO2/c1-16(2)10-6-3-4-9-13-19-14-17(20)15-21-18-11-7-5-8-12-18/h16-20H,3-15H2,1-2H3. The molecule has 0 heterocycles. The number of aliphatic hydroxyl groups is 1. The summed E-state index contributed by atoms with van der Waals surface area (Å²) in [5.41, 5.74) is 0. The van der Waals surface area contributed by atoms with Crippen LogP contribution in [0, 0.1) is 5.92 Å². The number of rotatable bonds is 12. The van der Waals surface area contributed by atoms with E-state index >= 15 is 0 Å². The normalized spacial score (nSPS) is 18.3. The summed E-state index contributed by atoms with van der Waals surface area (Å²) in [6.45, 7) is 6.75. The molecule has 0 aliphatic heterocycles. The summed E-state index contributed by atoms with van der Waals surface area (Å²) < 4.78 is 5.79. The highest BCUT2D eigenvalue weighted by atomic mass is 16.5. The highest BCUT2D eigenvalue weighted by Gasteiger charge is 2.15. The molecule has 0 bridgehead atoms. The minimum Gasteiger partial charge on any atom is -0.389 e. The average Bonchev–Trinajstić information content (AvgIpc) is 2.48. The summed E-state index contributed by atoms with van der Waals surface area (Å²) in [6.07, 6.45) is 12.9. The molecule has 2 N–H and O–H groups in total. The van der Waals surface area contributed by atoms with Crippen LogP contribution in [-0.2, 0) is 4.74 Å². The molecule has 0 amide bonds. The molecule has 1 atom stereocenters. The van der Waals surface area contributed by atoms with Crippen molar-refractivity contribution in [3.05, 3.63) is 0 Å². The van der Waals surface area contributed by atoms with E-state index in [9.17, 15) is 5.11 Å². The second-order valence-electron chi connectivity index (χ2n) is 7.05. The number of ether oxygens (including phenoxy) is 1. The van der Waals surface area contributed by atoms with Crippen molar-refractivity contribution in [3.8, 4) is 0 Å². The lowest BCUT2D eigenvalue weighted by molar-refractivity contribution is -0.0229. The minimum absolute atomic E-state index is 0.354. The maximum atomic E-state index is 9.89. The van der Waals surface area contributed by atoms with Crippen molar-refractivity contribution < 1.29 is 9.84 Å². The molecule has 1 saturated carbocycles. The number of aliphatic hydroxyl groups excluding tert-OH is 1. The number of hydrogen-bond donors (Lipinski definition) is 2. The van der Waals surface area contributed by atoms with Crippen LogP contribution in [0.15, 0.2) is 0 Å². The molecule has 0 aromatic heterocycles. The van der Waals surface area contributed by atoms with Crippen LogP contribution in [-0.4, -0.2) is 37.0 Å². The molecule has 0 aromatic rings. The topological polar surface area (TPSA) is 41.5 Å². The number of unbranched alkanes of at least 4 members (excludes halogenated alkanes) is 3. The quantitative estimate of drug-likeness (QED) is 0.537. The molecule has 1 aliphatic carbocycles. The van der Waals surface area contributed by atoms with E-state index in [1.54, 1.807) is 0 Å². The second-order valence-corrected chi connectivity index (χ2v) is 7.05. The van der Waals surface area contributed by atoms with Crippen molar-refractivity contribution in [3.63, 3.8) is 0 Å². The van der Waals surface area contributed by atoms with Gasteiger partial charge in [-0.2, -0.15) is 0 Å². The lowest BCUT2D eigenvalue weighted by Gasteiger charge is -2.23. The summed E-state index contributed by atoms with van der Waals surface area (Å²) in [6, 6.07) is 0. The Bertz CT molecular complexity index is 227. The minimum atomic E-state index is -0.354. The van der Waals surface area contributed by atoms with E-state index in [-0.39, 0.29) is 6.10 Å². The fourth-order valence-electron chi connectivity index (χ4n) is 2.96. The molecule has 0 spiro atoms. The van der Waals surface area contributed by atoms with E-state index < -0.39 is 0 Å². The molecule has 3 nitrogen and oxygen atoms in total. The molecule has 1 aliphatic rings. The lowest BCUT2D eigenvalue weighted by Crippen LogP contribution is -2.33. The van der Waals surface area contributed by atoms with Crippen LogP contribution in [0.25, 0.3) is 0 Å². The van der Waals surface area contributed by atoms with Gasteiger partial charge in [0, 0.05) is 6.54 Å². The first kappa shape index (κ1) is 18.9. The Morgan fingerprint density at radius 1 is 1.05 bits per heavy atom. The van der Waals surface area contributed by atoms with Gasteiger partial charge in [0.25, 0.3) is 0 Å². The number of nitrogens with one attached hydrogen (secondary N) is 1. The lowest BCUT2D eigenvalue weighted by atomic mass is 9.98. The van der Waals surface area contributed by atoms with Gasteiger partial charge in [0.05, 0.1) is 18.8 Å². The van der Waals surface area contributed by atoms with E-state index in [2.05, 4.69) is 19.2 Å². The molecular formula is C18H37NO2. The fraction of sp³-hybridized carbons (Fsp3) is 1.00. The third kappa shape index (κ3) is 11.1. The zero-order valence-electron chi connectivity index (χ0n) is 14.3. The van der Waals surface area contributed by atoms with Crippen LogP contribution in [0.2, 0.25) is 0 Å². The molecule has 0 saturated heterocycles. The van der Waals surface area contributed by atoms with E-state index in [0.717, 1.165) is 12.5 Å². The van der Waals surface area contributed by atoms with Gasteiger partial charge >= 0.3 is 0 Å². The zero-order valence-corrected chi connectivity index (χ0v) is 14.3. The molecule has 126 valence electrons. The van der Waals surface area contributed by atoms with Crippen LogP contribution < -0.4 is 5.32 Å². The molecule has 0 radical (unpaired) electrons. The molecule has 3 heteroatoms. The van der Waals surface area contributed by atoms with Gasteiger partial charge in [-0.05, 0) is 31.7 Å². The Morgan fingerprint density at radius 2 is 1.76 bits per heavy atom. The highest BCUT2D eigenvalue weighted by molar-refractivity contribution is 4.67. The predicted molar refractivity (Wildman–Crippen MR) is 89.6 cm³/mol. The Kier molecular flexibility index (Phi) is 11.2. The van der Waals surface area contributed by atoms with Crippen LogP contribution in [0.5, 0.6) is 0 Å². The summed E-state index contributed by atoms with van der Waals surface area (Å²) in [7, 11) is 0. The summed E-state index contributed by atoms with van der Waals surface area (Å²) in [5, 5.41) is 13.2. The Balaban J connectivity index is 1.83. The van der Waals surface area contributed by atoms with Crippen LogP contribution in [0.1, 0.15) is 78.1 Å². The van der Waals surface area contributed by atoms with Gasteiger partial charge in [-0.3, -0.25) is 0 Å². The first-order valence-corrected chi connectivity index (χ1v) is 9.19. The van der Waals surface area contributed by atoms with Gasteiger partial charge in [0.15, 0.2) is 0 Å². The van der Waals surface area contributed by atoms with Gasteiger partial charge < -0.3 is 15.2 Å². The largest absolute Gasteiger partial charge is 0.389 e. The number of hydrogen-bond acceptors (Lipinski definition) is 3. The SMILES string of the molecule is CC(C)CCCCCCNCC(O)COC1CCCCC1. The van der Waals surface area contributed by atoms with Crippen molar-refractivity contribution in [2.24, 2.45) is 5.92 Å². The monoisotopic (exact) mass is 299 g/mol. The molecule has 0 aromatic carbocycles. The smallest absolute Gasteiger partial charge is 0.0897 e. The Morgan fingerprint density at radius 3 is 2.48 bits per heavy atom. The van der Waals surface area contributed by atoms with E-state index in [1.807, 2.05) is 0 Å². The molecule has 21 heavy (non-hydrogen) atoms. The first-order valence-electron chi connectivity index (χ1n) is 9.19. The van der Waals surface area contributed by atoms with Crippen molar-refractivity contribution in [1.82, 2.24) is 5.32 Å². The first-order chi connectivity index (χ1) is 10.2. The zero-order chi connectivity index (χ0) is 15.3. The summed E-state index contributed by atoms with van der Waals surface area (Å²) >= 11 is 0. The third-order valence-electron chi connectivity index (χ3n) is 4.34. The molecule has 1 fully saturated rings. The van der Waals surface area contributed by atoms with Crippen LogP contribution in [0.3, 0.4) is 0 Å². The van der Waals surface area contributed by atoms with Gasteiger partial charge in [-0.1, -0.05) is 58.8 Å². The second kappa shape index (κ2) is 12.4. The molecule has 1 unspecified atom stereocenters. The van der Waals surface area contributed by atoms with E-state index in [4.69, 9.17) is 4.74 Å². The maximum absolute atomic E-state index is 9.89. The highest BCUT2D eigenvalue weighted by Crippen LogP contribution is 2.20. The molecular weight excluding hydrogens is 262 g/mol. The van der Waals surface area contributed by atoms with Crippen molar-refractivity contribution >= 4 is 0 Å². The Labute approximate surface area is 131 Å². The maximum Gasteiger partial charge on any atom is 0.0897 e. The van der Waals surface area contributed by atoms with E-state index in [0.29, 0.717) is 19.3 Å². The van der Waals surface area contributed by atoms with Gasteiger partial charge in [0.1, 0.15) is 0 Å². The summed E-state index contributed by atoms with van der Waals surface area (Å²) in [4.78, 5) is 0. The van der Waals surface area contributed by atoms with Crippen molar-refractivity contribution in [2.75, 3.05) is 19.7 Å². The average molecular weight is 299 g/mol. The Hall–Kier alpha value is -0.120. The van der Waals surface area contributed by atoms with Crippen molar-refractivity contribution in [2.45, 2.75) is 90.3 Å². The fourth-order valence-corrected chi connectivity index (χ4v) is 2.96. The van der Waals surface area contributed by atoms with Gasteiger partial charge in [-0.25, -0.2) is 0 Å². The summed E-state index contributed by atoms with van der Waals surface area (Å²) in [5.74, 6) is 0.836. The predicted octanol–water partition coefficient (Wildman–Crippen LogP) is 3.89. The van der Waals surface area contributed by atoms with Gasteiger partial charge in [-0.15, -0.1) is 0 Å². The van der Waals surface area contributed by atoms with Gasteiger partial charge in [0.2, 0.25) is 0 Å².